The standard InChI is InChI=1S/C14H12BrNO3S/c1-7-3-4-9(10(15)5-7)13(17)16-11-6-8(2)12(20-11)14(18)19/h3-6H,1-2H3,(H,16,17)(H,18,19). The van der Waals surface area contributed by atoms with Crippen LogP contribution in [0.2, 0.25) is 0 Å². The van der Waals surface area contributed by atoms with E-state index in [1.807, 2.05) is 19.1 Å². The molecule has 1 amide bonds. The first kappa shape index (κ1) is 14.7. The molecule has 2 aromatic rings. The summed E-state index contributed by atoms with van der Waals surface area (Å²) in [7, 11) is 0. The third-order valence-corrected chi connectivity index (χ3v) is 4.51. The van der Waals surface area contributed by atoms with Crippen molar-refractivity contribution in [2.45, 2.75) is 13.8 Å². The first-order valence-electron chi connectivity index (χ1n) is 5.79. The average Bonchev–Trinajstić information content (AvgIpc) is 2.70. The molecular weight excluding hydrogens is 342 g/mol. The molecule has 0 unspecified atom stereocenters. The lowest BCUT2D eigenvalue weighted by molar-refractivity contribution is 0.0701. The van der Waals surface area contributed by atoms with Gasteiger partial charge in [0.2, 0.25) is 0 Å². The summed E-state index contributed by atoms with van der Waals surface area (Å²) in [5.41, 5.74) is 2.20. The molecule has 1 aromatic carbocycles. The summed E-state index contributed by atoms with van der Waals surface area (Å²) in [5.74, 6) is -1.25. The van der Waals surface area contributed by atoms with Gasteiger partial charge < -0.3 is 10.4 Å². The molecule has 0 saturated heterocycles. The van der Waals surface area contributed by atoms with Crippen LogP contribution in [0.1, 0.15) is 31.2 Å². The Morgan fingerprint density at radius 1 is 1.25 bits per heavy atom. The normalized spacial score (nSPS) is 10.3. The van der Waals surface area contributed by atoms with Gasteiger partial charge in [-0.2, -0.15) is 0 Å². The van der Waals surface area contributed by atoms with Crippen LogP contribution in [0.3, 0.4) is 0 Å². The smallest absolute Gasteiger partial charge is 0.346 e. The molecule has 2 rings (SSSR count). The fourth-order valence-electron chi connectivity index (χ4n) is 1.74. The van der Waals surface area contributed by atoms with Crippen molar-refractivity contribution >= 4 is 44.1 Å². The van der Waals surface area contributed by atoms with E-state index in [1.165, 1.54) is 0 Å². The molecule has 20 heavy (non-hydrogen) atoms. The van der Waals surface area contributed by atoms with Crippen LogP contribution >= 0.6 is 27.3 Å². The third kappa shape index (κ3) is 3.08. The third-order valence-electron chi connectivity index (χ3n) is 2.72. The molecule has 4 nitrogen and oxygen atoms in total. The molecule has 0 atom stereocenters. The summed E-state index contributed by atoms with van der Waals surface area (Å²) in [6.07, 6.45) is 0. The second kappa shape index (κ2) is 5.76. The second-order valence-corrected chi connectivity index (χ2v) is 6.27. The fraction of sp³-hybridized carbons (Fsp3) is 0.143. The number of anilines is 1. The van der Waals surface area contributed by atoms with E-state index in [4.69, 9.17) is 5.11 Å². The van der Waals surface area contributed by atoms with Crippen LogP contribution in [0.4, 0.5) is 5.00 Å². The van der Waals surface area contributed by atoms with Gasteiger partial charge in [0.25, 0.3) is 5.91 Å². The SMILES string of the molecule is Cc1ccc(C(=O)Nc2cc(C)c(C(=O)O)s2)c(Br)c1. The van der Waals surface area contributed by atoms with E-state index in [0.29, 0.717) is 20.6 Å². The lowest BCUT2D eigenvalue weighted by Crippen LogP contribution is -2.11. The Morgan fingerprint density at radius 2 is 1.95 bits per heavy atom. The number of carbonyl (C=O) groups is 2. The van der Waals surface area contributed by atoms with E-state index < -0.39 is 5.97 Å². The molecule has 0 radical (unpaired) electrons. The van der Waals surface area contributed by atoms with Crippen molar-refractivity contribution in [2.24, 2.45) is 0 Å². The van der Waals surface area contributed by atoms with Crippen LogP contribution in [0.5, 0.6) is 0 Å². The molecule has 0 bridgehead atoms. The Balaban J connectivity index is 2.23. The molecule has 1 heterocycles. The number of benzene rings is 1. The van der Waals surface area contributed by atoms with E-state index in [0.717, 1.165) is 16.9 Å². The summed E-state index contributed by atoms with van der Waals surface area (Å²) in [6, 6.07) is 7.10. The minimum Gasteiger partial charge on any atom is -0.477 e. The number of carboxylic acids is 1. The van der Waals surface area contributed by atoms with Crippen LogP contribution in [-0.2, 0) is 0 Å². The number of carboxylic acid groups (broad SMARTS) is 1. The van der Waals surface area contributed by atoms with Gasteiger partial charge in [0.05, 0.1) is 10.6 Å². The van der Waals surface area contributed by atoms with E-state index >= 15 is 0 Å². The van der Waals surface area contributed by atoms with E-state index in [9.17, 15) is 9.59 Å². The zero-order chi connectivity index (χ0) is 14.9. The molecule has 0 aliphatic carbocycles. The van der Waals surface area contributed by atoms with Crippen molar-refractivity contribution in [3.05, 3.63) is 50.3 Å². The first-order chi connectivity index (χ1) is 9.38. The maximum atomic E-state index is 12.2. The van der Waals surface area contributed by atoms with E-state index in [1.54, 1.807) is 19.1 Å². The molecule has 1 aromatic heterocycles. The van der Waals surface area contributed by atoms with Gasteiger partial charge in [-0.3, -0.25) is 4.79 Å². The summed E-state index contributed by atoms with van der Waals surface area (Å²) in [5, 5.41) is 12.2. The van der Waals surface area contributed by atoms with E-state index in [2.05, 4.69) is 21.2 Å². The Morgan fingerprint density at radius 3 is 2.50 bits per heavy atom. The Labute approximate surface area is 128 Å². The maximum Gasteiger partial charge on any atom is 0.346 e. The van der Waals surface area contributed by atoms with Gasteiger partial charge >= 0.3 is 5.97 Å². The molecule has 0 fully saturated rings. The van der Waals surface area contributed by atoms with Gasteiger partial charge in [0.1, 0.15) is 4.88 Å². The van der Waals surface area contributed by atoms with Crippen LogP contribution in [0, 0.1) is 13.8 Å². The highest BCUT2D eigenvalue weighted by atomic mass is 79.9. The number of nitrogens with one attached hydrogen (secondary N) is 1. The van der Waals surface area contributed by atoms with Crippen LogP contribution in [0.15, 0.2) is 28.7 Å². The predicted octanol–water partition coefficient (Wildman–Crippen LogP) is 4.08. The molecule has 0 saturated carbocycles. The lowest BCUT2D eigenvalue weighted by atomic mass is 10.1. The van der Waals surface area contributed by atoms with Crippen molar-refractivity contribution in [1.29, 1.82) is 0 Å². The molecule has 104 valence electrons. The molecule has 2 N–H and O–H groups in total. The number of halogens is 1. The highest BCUT2D eigenvalue weighted by Gasteiger charge is 2.15. The largest absolute Gasteiger partial charge is 0.477 e. The van der Waals surface area contributed by atoms with Crippen molar-refractivity contribution in [1.82, 2.24) is 0 Å². The first-order valence-corrected chi connectivity index (χ1v) is 7.40. The van der Waals surface area contributed by atoms with Crippen molar-refractivity contribution in [3.63, 3.8) is 0 Å². The fourth-order valence-corrected chi connectivity index (χ4v) is 3.32. The van der Waals surface area contributed by atoms with Crippen LogP contribution in [0.25, 0.3) is 0 Å². The summed E-state index contributed by atoms with van der Waals surface area (Å²) >= 11 is 4.41. The molecule has 0 aliphatic heterocycles. The number of carbonyl (C=O) groups excluding carboxylic acids is 1. The van der Waals surface area contributed by atoms with Gasteiger partial charge in [-0.15, -0.1) is 11.3 Å². The highest BCUT2D eigenvalue weighted by molar-refractivity contribution is 9.10. The number of aryl methyl sites for hydroxylation is 2. The number of thiophene rings is 1. The number of amides is 1. The summed E-state index contributed by atoms with van der Waals surface area (Å²) < 4.78 is 0.710. The number of rotatable bonds is 3. The highest BCUT2D eigenvalue weighted by Crippen LogP contribution is 2.28. The number of hydrogen-bond donors (Lipinski definition) is 2. The quantitative estimate of drug-likeness (QED) is 0.873. The lowest BCUT2D eigenvalue weighted by Gasteiger charge is -2.05. The summed E-state index contributed by atoms with van der Waals surface area (Å²) in [6.45, 7) is 3.64. The molecule has 0 aliphatic rings. The Kier molecular flexibility index (Phi) is 4.25. The molecule has 6 heteroatoms. The minimum atomic E-state index is -0.982. The van der Waals surface area contributed by atoms with Crippen molar-refractivity contribution < 1.29 is 14.7 Å². The van der Waals surface area contributed by atoms with Gasteiger partial charge in [0, 0.05) is 4.47 Å². The second-order valence-electron chi connectivity index (χ2n) is 4.37. The predicted molar refractivity (Wildman–Crippen MR) is 82.8 cm³/mol. The molecule has 0 spiro atoms. The van der Waals surface area contributed by atoms with Gasteiger partial charge in [-0.1, -0.05) is 6.07 Å². The van der Waals surface area contributed by atoms with Crippen LogP contribution in [-0.4, -0.2) is 17.0 Å². The van der Waals surface area contributed by atoms with Gasteiger partial charge in [-0.05, 0) is 59.1 Å². The van der Waals surface area contributed by atoms with E-state index in [-0.39, 0.29) is 10.8 Å². The zero-order valence-corrected chi connectivity index (χ0v) is 13.3. The van der Waals surface area contributed by atoms with Crippen molar-refractivity contribution in [3.8, 4) is 0 Å². The number of aromatic carboxylic acids is 1. The average molecular weight is 354 g/mol. The van der Waals surface area contributed by atoms with Gasteiger partial charge in [-0.25, -0.2) is 4.79 Å². The Bertz CT molecular complexity index is 694. The molecular formula is C14H12BrNO3S. The topological polar surface area (TPSA) is 66.4 Å². The van der Waals surface area contributed by atoms with Crippen LogP contribution < -0.4 is 5.32 Å². The monoisotopic (exact) mass is 353 g/mol. The van der Waals surface area contributed by atoms with Crippen molar-refractivity contribution in [2.75, 3.05) is 5.32 Å². The zero-order valence-electron chi connectivity index (χ0n) is 10.9. The number of hydrogen-bond acceptors (Lipinski definition) is 3. The minimum absolute atomic E-state index is 0.239. The summed E-state index contributed by atoms with van der Waals surface area (Å²) in [4.78, 5) is 23.4. The maximum absolute atomic E-state index is 12.2. The Hall–Kier alpha value is -1.66. The van der Waals surface area contributed by atoms with Gasteiger partial charge in [0.15, 0.2) is 0 Å².